The second kappa shape index (κ2) is 6.14. The molecule has 0 N–H and O–H groups in total. The van der Waals surface area contributed by atoms with Crippen LogP contribution in [0.4, 0.5) is 0 Å². The maximum atomic E-state index is 4.49. The SMILES string of the molecule is C=NC(=N/C=C(\C)C(C)(C)C)N1CCN(C)CC1. The Kier molecular flexibility index (Phi) is 5.08. The Bertz CT molecular complexity index is 341. The lowest BCUT2D eigenvalue weighted by Gasteiger charge is -2.32. The number of hydrogen-bond donors (Lipinski definition) is 0. The summed E-state index contributed by atoms with van der Waals surface area (Å²) in [6.07, 6.45) is 1.92. The van der Waals surface area contributed by atoms with Gasteiger partial charge in [-0.1, -0.05) is 20.8 Å². The van der Waals surface area contributed by atoms with Crippen LogP contribution in [0.1, 0.15) is 27.7 Å². The maximum absolute atomic E-state index is 4.49. The Balaban J connectivity index is 2.75. The minimum Gasteiger partial charge on any atom is -0.338 e. The number of piperazine rings is 1. The number of hydrogen-bond acceptors (Lipinski definition) is 2. The average Bonchev–Trinajstić information content (AvgIpc) is 2.30. The second-order valence-corrected chi connectivity index (χ2v) is 5.94. The maximum Gasteiger partial charge on any atom is 0.224 e. The first-order valence-electron chi connectivity index (χ1n) is 6.50. The number of nitrogens with zero attached hydrogens (tertiary/aromatic N) is 4. The van der Waals surface area contributed by atoms with Gasteiger partial charge in [0, 0.05) is 32.4 Å². The molecule has 0 unspecified atom stereocenters. The van der Waals surface area contributed by atoms with Crippen molar-refractivity contribution in [3.63, 3.8) is 0 Å². The van der Waals surface area contributed by atoms with Gasteiger partial charge in [0.05, 0.1) is 0 Å². The fourth-order valence-corrected chi connectivity index (χ4v) is 1.58. The molecule has 0 aliphatic carbocycles. The third-order valence-electron chi connectivity index (χ3n) is 3.48. The molecule has 18 heavy (non-hydrogen) atoms. The van der Waals surface area contributed by atoms with Crippen molar-refractivity contribution < 1.29 is 0 Å². The first-order valence-corrected chi connectivity index (χ1v) is 6.50. The van der Waals surface area contributed by atoms with Gasteiger partial charge in [0.1, 0.15) is 0 Å². The van der Waals surface area contributed by atoms with Gasteiger partial charge in [-0.25, -0.2) is 9.98 Å². The summed E-state index contributed by atoms with van der Waals surface area (Å²) in [5, 5.41) is 0. The third-order valence-corrected chi connectivity index (χ3v) is 3.48. The number of aliphatic imine (C=N–C) groups is 2. The quantitative estimate of drug-likeness (QED) is 0.528. The van der Waals surface area contributed by atoms with Crippen LogP contribution in [-0.2, 0) is 0 Å². The van der Waals surface area contributed by atoms with Crippen LogP contribution in [0.25, 0.3) is 0 Å². The van der Waals surface area contributed by atoms with Gasteiger partial charge in [0.15, 0.2) is 0 Å². The van der Waals surface area contributed by atoms with Gasteiger partial charge in [-0.2, -0.15) is 0 Å². The predicted octanol–water partition coefficient (Wildman–Crippen LogP) is 2.24. The number of allylic oxidation sites excluding steroid dienone is 1. The van der Waals surface area contributed by atoms with E-state index in [1.807, 2.05) is 6.20 Å². The normalized spacial score (nSPS) is 20.2. The Labute approximate surface area is 111 Å². The molecule has 0 spiro atoms. The molecule has 4 heteroatoms. The largest absolute Gasteiger partial charge is 0.338 e. The number of likely N-dealkylation sites (N-methyl/N-ethyl adjacent to an activating group) is 1. The van der Waals surface area contributed by atoms with Crippen LogP contribution < -0.4 is 0 Å². The standard InChI is InChI=1S/C14H26N4/c1-12(14(2,3)4)11-16-13(15-5)18-9-7-17(6)8-10-18/h11H,5,7-10H2,1-4,6H3/b12-11+,16-13?. The molecule has 0 bridgehead atoms. The first kappa shape index (κ1) is 14.9. The van der Waals surface area contributed by atoms with Gasteiger partial charge in [-0.3, -0.25) is 0 Å². The predicted molar refractivity (Wildman–Crippen MR) is 79.3 cm³/mol. The molecule has 1 fully saturated rings. The van der Waals surface area contributed by atoms with Crippen LogP contribution in [0, 0.1) is 5.41 Å². The fraction of sp³-hybridized carbons (Fsp3) is 0.714. The molecule has 0 radical (unpaired) electrons. The van der Waals surface area contributed by atoms with E-state index in [0.29, 0.717) is 0 Å². The zero-order valence-corrected chi connectivity index (χ0v) is 12.4. The Morgan fingerprint density at radius 3 is 2.17 bits per heavy atom. The summed E-state index contributed by atoms with van der Waals surface area (Å²) in [5.74, 6) is 0.742. The van der Waals surface area contributed by atoms with E-state index >= 15 is 0 Å². The molecule has 0 aromatic heterocycles. The highest BCUT2D eigenvalue weighted by atomic mass is 15.3. The van der Waals surface area contributed by atoms with Crippen LogP contribution in [0.3, 0.4) is 0 Å². The highest BCUT2D eigenvalue weighted by Gasteiger charge is 2.17. The van der Waals surface area contributed by atoms with E-state index in [2.05, 4.69) is 61.2 Å². The Hall–Kier alpha value is -1.16. The molecule has 102 valence electrons. The molecule has 1 saturated heterocycles. The van der Waals surface area contributed by atoms with Crippen molar-refractivity contribution in [1.82, 2.24) is 9.80 Å². The summed E-state index contributed by atoms with van der Waals surface area (Å²) in [6.45, 7) is 16.3. The van der Waals surface area contributed by atoms with Crippen LogP contribution >= 0.6 is 0 Å². The Morgan fingerprint density at radius 2 is 1.72 bits per heavy atom. The fourth-order valence-electron chi connectivity index (χ4n) is 1.58. The van der Waals surface area contributed by atoms with Gasteiger partial charge in [0.25, 0.3) is 0 Å². The smallest absolute Gasteiger partial charge is 0.224 e. The van der Waals surface area contributed by atoms with Gasteiger partial charge in [-0.15, -0.1) is 0 Å². The summed E-state index contributed by atoms with van der Waals surface area (Å²) < 4.78 is 0. The van der Waals surface area contributed by atoms with Crippen LogP contribution in [0.2, 0.25) is 0 Å². The van der Waals surface area contributed by atoms with Gasteiger partial charge in [0.2, 0.25) is 5.96 Å². The molecule has 1 heterocycles. The molecular weight excluding hydrogens is 224 g/mol. The molecule has 0 aromatic carbocycles. The van der Waals surface area contributed by atoms with Crippen molar-refractivity contribution in [3.05, 3.63) is 11.8 Å². The highest BCUT2D eigenvalue weighted by Crippen LogP contribution is 2.24. The molecule has 0 saturated carbocycles. The molecule has 0 aromatic rings. The second-order valence-electron chi connectivity index (χ2n) is 5.94. The van der Waals surface area contributed by atoms with Crippen LogP contribution in [0.15, 0.2) is 21.8 Å². The minimum atomic E-state index is 0.151. The van der Waals surface area contributed by atoms with Crippen molar-refractivity contribution in [1.29, 1.82) is 0 Å². The van der Waals surface area contributed by atoms with Gasteiger partial charge >= 0.3 is 0 Å². The lowest BCUT2D eigenvalue weighted by atomic mass is 9.88. The zero-order chi connectivity index (χ0) is 13.8. The van der Waals surface area contributed by atoms with Crippen molar-refractivity contribution in [2.24, 2.45) is 15.4 Å². The number of rotatable bonds is 1. The molecule has 4 nitrogen and oxygen atoms in total. The summed E-state index contributed by atoms with van der Waals surface area (Å²) >= 11 is 0. The van der Waals surface area contributed by atoms with Crippen molar-refractivity contribution in [3.8, 4) is 0 Å². The van der Waals surface area contributed by atoms with E-state index in [4.69, 9.17) is 0 Å². The third kappa shape index (κ3) is 4.26. The lowest BCUT2D eigenvalue weighted by molar-refractivity contribution is 0.214. The minimum absolute atomic E-state index is 0.151. The van der Waals surface area contributed by atoms with E-state index < -0.39 is 0 Å². The topological polar surface area (TPSA) is 31.2 Å². The first-order chi connectivity index (χ1) is 8.34. The zero-order valence-electron chi connectivity index (χ0n) is 12.4. The van der Waals surface area contributed by atoms with E-state index in [0.717, 1.165) is 32.1 Å². The van der Waals surface area contributed by atoms with E-state index in [-0.39, 0.29) is 5.41 Å². The van der Waals surface area contributed by atoms with Gasteiger partial charge < -0.3 is 9.80 Å². The molecule has 0 atom stereocenters. The van der Waals surface area contributed by atoms with Crippen molar-refractivity contribution in [2.75, 3.05) is 33.2 Å². The van der Waals surface area contributed by atoms with E-state index in [9.17, 15) is 0 Å². The Morgan fingerprint density at radius 1 is 1.17 bits per heavy atom. The van der Waals surface area contributed by atoms with Crippen LogP contribution in [0.5, 0.6) is 0 Å². The molecule has 1 aliphatic rings. The summed E-state index contributed by atoms with van der Waals surface area (Å²) in [7, 11) is 2.14. The molecule has 1 aliphatic heterocycles. The molecule has 0 amide bonds. The summed E-state index contributed by atoms with van der Waals surface area (Å²) in [6, 6.07) is 0. The summed E-state index contributed by atoms with van der Waals surface area (Å²) in [5.41, 5.74) is 1.40. The molecular formula is C14H26N4. The van der Waals surface area contributed by atoms with E-state index in [1.165, 1.54) is 5.57 Å². The molecule has 1 rings (SSSR count). The van der Waals surface area contributed by atoms with Gasteiger partial charge in [-0.05, 0) is 31.7 Å². The van der Waals surface area contributed by atoms with Crippen molar-refractivity contribution in [2.45, 2.75) is 27.7 Å². The highest BCUT2D eigenvalue weighted by molar-refractivity contribution is 5.84. The van der Waals surface area contributed by atoms with Crippen molar-refractivity contribution >= 4 is 12.7 Å². The summed E-state index contributed by atoms with van der Waals surface area (Å²) in [4.78, 5) is 13.1. The monoisotopic (exact) mass is 250 g/mol. The number of guanidine groups is 1. The lowest BCUT2D eigenvalue weighted by Crippen LogP contribution is -2.46. The van der Waals surface area contributed by atoms with Crippen LogP contribution in [-0.4, -0.2) is 55.7 Å². The average molecular weight is 250 g/mol. The van der Waals surface area contributed by atoms with E-state index in [1.54, 1.807) is 0 Å².